The molecule has 0 radical (unpaired) electrons. The Morgan fingerprint density at radius 2 is 1.52 bits per heavy atom. The van der Waals surface area contributed by atoms with Crippen molar-refractivity contribution in [3.8, 4) is 0 Å². The van der Waals surface area contributed by atoms with Crippen molar-refractivity contribution in [3.63, 3.8) is 0 Å². The fourth-order valence-electron chi connectivity index (χ4n) is 9.77. The van der Waals surface area contributed by atoms with Gasteiger partial charge in [-0.3, -0.25) is 9.59 Å². The molecule has 2 aliphatic carbocycles. The van der Waals surface area contributed by atoms with Gasteiger partial charge in [-0.15, -0.1) is 0 Å². The van der Waals surface area contributed by atoms with E-state index in [0.717, 1.165) is 56.6 Å². The summed E-state index contributed by atoms with van der Waals surface area (Å²) in [6.07, 6.45) is 10.4. The fourth-order valence-corrected chi connectivity index (χ4v) is 9.77. The molecule has 0 spiro atoms. The first-order chi connectivity index (χ1) is 30.3. The average molecular weight is 863 g/mol. The number of nitrogens with zero attached hydrogens (tertiary/aromatic N) is 4. The van der Waals surface area contributed by atoms with E-state index in [1.54, 1.807) is 18.9 Å². The average Bonchev–Trinajstić information content (AvgIpc) is 4.10. The third-order valence-electron chi connectivity index (χ3n) is 13.1. The Hall–Kier alpha value is -6.00. The van der Waals surface area contributed by atoms with Crippen LogP contribution in [0.2, 0.25) is 0 Å². The number of hydrogen-bond donors (Lipinski definition) is 4. The molecule has 9 atom stereocenters. The number of hydrogen-bond acceptors (Lipinski definition) is 10. The molecule has 4 heterocycles. The second-order valence-electron chi connectivity index (χ2n) is 17.7. The Labute approximate surface area is 366 Å². The fraction of sp³-hybridized carbons (Fsp3) is 0.489. The van der Waals surface area contributed by atoms with Gasteiger partial charge >= 0.3 is 12.2 Å². The normalized spacial score (nSPS) is 24.2. The number of fused-ring (bicyclic) bond motifs is 6. The quantitative estimate of drug-likeness (QED) is 0.124. The van der Waals surface area contributed by atoms with Crippen LogP contribution in [-0.4, -0.2) is 120 Å². The van der Waals surface area contributed by atoms with E-state index in [4.69, 9.17) is 28.9 Å². The number of methoxy groups -OCH3 is 4. The Morgan fingerprint density at radius 1 is 0.825 bits per heavy atom. The van der Waals surface area contributed by atoms with E-state index in [0.29, 0.717) is 31.9 Å². The van der Waals surface area contributed by atoms with Crippen LogP contribution in [-0.2, 0) is 28.5 Å². The lowest BCUT2D eigenvalue weighted by Gasteiger charge is -2.30. The van der Waals surface area contributed by atoms with Crippen LogP contribution in [0.4, 0.5) is 9.59 Å². The second-order valence-corrected chi connectivity index (χ2v) is 17.7. The molecule has 334 valence electrons. The second kappa shape index (κ2) is 18.0. The number of likely N-dealkylation sites (tertiary alicyclic amines) is 2. The summed E-state index contributed by atoms with van der Waals surface area (Å²) in [6.45, 7) is 9.19. The lowest BCUT2D eigenvalue weighted by atomic mass is 9.78. The Kier molecular flexibility index (Phi) is 12.5. The van der Waals surface area contributed by atoms with Crippen molar-refractivity contribution < 1.29 is 38.1 Å². The number of amides is 4. The number of aromatic amines is 2. The highest BCUT2D eigenvalue weighted by Gasteiger charge is 2.43. The first-order valence-electron chi connectivity index (χ1n) is 21.7. The van der Waals surface area contributed by atoms with Crippen LogP contribution in [0.25, 0.3) is 33.5 Å². The summed E-state index contributed by atoms with van der Waals surface area (Å²) < 4.78 is 20.6. The van der Waals surface area contributed by atoms with Gasteiger partial charge in [0.25, 0.3) is 0 Å². The van der Waals surface area contributed by atoms with E-state index in [1.807, 2.05) is 24.8 Å². The smallest absolute Gasteiger partial charge is 0.407 e. The van der Waals surface area contributed by atoms with Gasteiger partial charge in [0.2, 0.25) is 11.8 Å². The number of nitrogens with one attached hydrogen (secondary N) is 4. The standard InChI is InChI=1S/C47H58N8O8/c1-24(2)38(52-46(58)62-7)44(56)54-21-25(3)17-36(54)42-48-34-15-11-30-19-28(9-13-32(30)40(34)50-42)29-10-14-33-31(20-29)12-16-35-41(33)51-43(49-35)37-18-27(23-60-5)22-55(37)45(57)39(26(4)61-6)53-47(59)63-8/h9-16,19-20,24-27,30,32,36-39H,17-18,21-23H2,1-8H3,(H,48,50)(H,49,51)(H,52,58)(H,53,59). The summed E-state index contributed by atoms with van der Waals surface area (Å²) in [6, 6.07) is 8.26. The molecule has 8 rings (SSSR count). The van der Waals surface area contributed by atoms with E-state index in [2.05, 4.69) is 82.2 Å². The zero-order chi connectivity index (χ0) is 44.7. The largest absolute Gasteiger partial charge is 0.453 e. The third kappa shape index (κ3) is 8.45. The summed E-state index contributed by atoms with van der Waals surface area (Å²) in [7, 11) is 5.71. The molecule has 9 unspecified atom stereocenters. The summed E-state index contributed by atoms with van der Waals surface area (Å²) >= 11 is 0. The highest BCUT2D eigenvalue weighted by molar-refractivity contribution is 6.05. The Balaban J connectivity index is 1.02. The molecule has 4 aliphatic rings. The molecule has 0 bridgehead atoms. The first kappa shape index (κ1) is 43.6. The molecule has 16 nitrogen and oxygen atoms in total. The van der Waals surface area contributed by atoms with Gasteiger partial charge in [-0.05, 0) is 66.3 Å². The van der Waals surface area contributed by atoms with Crippen LogP contribution >= 0.6 is 0 Å². The van der Waals surface area contributed by atoms with Crippen LogP contribution in [0.3, 0.4) is 0 Å². The number of alkyl carbamates (subject to hydrolysis) is 2. The van der Waals surface area contributed by atoms with Crippen molar-refractivity contribution in [3.05, 3.63) is 83.2 Å². The number of benzene rings is 2. The van der Waals surface area contributed by atoms with Gasteiger partial charge < -0.3 is 49.3 Å². The molecule has 4 N–H and O–H groups in total. The highest BCUT2D eigenvalue weighted by atomic mass is 16.5. The predicted molar refractivity (Wildman–Crippen MR) is 237 cm³/mol. The third-order valence-corrected chi connectivity index (χ3v) is 13.1. The molecule has 2 saturated heterocycles. The molecule has 2 aliphatic heterocycles. The molecular formula is C47H58N8O8. The molecule has 2 fully saturated rings. The number of carbonyl (C=O) groups excluding carboxylic acids is 4. The number of ether oxygens (including phenoxy) is 4. The maximum absolute atomic E-state index is 14.1. The Morgan fingerprint density at radius 3 is 2.24 bits per heavy atom. The van der Waals surface area contributed by atoms with E-state index in [-0.39, 0.29) is 53.5 Å². The summed E-state index contributed by atoms with van der Waals surface area (Å²) in [5, 5.41) is 7.43. The number of rotatable bonds is 12. The molecule has 16 heteroatoms. The monoisotopic (exact) mass is 862 g/mol. The molecular weight excluding hydrogens is 805 g/mol. The minimum atomic E-state index is -0.956. The molecule has 2 aromatic heterocycles. The SMILES string of the molecule is COCC1CC(c2nc3c(ccc4cc(C5=CC6C=Cc7nc(C8CC(C)CN8C(=O)C(NC(=O)OC)C(C)C)[nH]c7C6C=C5)ccc43)[nH]2)N(C(=O)C(NC(=O)OC)C(C)OC)C1. The predicted octanol–water partition coefficient (Wildman–Crippen LogP) is 6.40. The molecule has 4 amide bonds. The summed E-state index contributed by atoms with van der Waals surface area (Å²) in [5.74, 6) is 1.38. The molecule has 4 aromatic rings. The minimum absolute atomic E-state index is 0.0553. The van der Waals surface area contributed by atoms with Crippen molar-refractivity contribution in [2.75, 3.05) is 48.1 Å². The van der Waals surface area contributed by atoms with Gasteiger partial charge in [0, 0.05) is 50.4 Å². The number of aromatic nitrogens is 4. The van der Waals surface area contributed by atoms with Gasteiger partial charge in [-0.1, -0.05) is 63.3 Å². The lowest BCUT2D eigenvalue weighted by molar-refractivity contribution is -0.138. The maximum atomic E-state index is 14.1. The van der Waals surface area contributed by atoms with Crippen LogP contribution in [0, 0.1) is 23.7 Å². The number of imidazole rings is 2. The van der Waals surface area contributed by atoms with Crippen molar-refractivity contribution in [1.82, 2.24) is 40.4 Å². The minimum Gasteiger partial charge on any atom is -0.453 e. The van der Waals surface area contributed by atoms with E-state index < -0.39 is 30.4 Å². The molecule has 0 saturated carbocycles. The van der Waals surface area contributed by atoms with Crippen LogP contribution in [0.5, 0.6) is 0 Å². The number of H-pyrrole nitrogens is 2. The van der Waals surface area contributed by atoms with Crippen molar-refractivity contribution >= 4 is 57.5 Å². The Bertz CT molecular complexity index is 2490. The molecule has 63 heavy (non-hydrogen) atoms. The van der Waals surface area contributed by atoms with Gasteiger partial charge in [0.15, 0.2) is 0 Å². The van der Waals surface area contributed by atoms with Crippen molar-refractivity contribution in [2.45, 2.75) is 76.7 Å². The highest BCUT2D eigenvalue weighted by Crippen LogP contribution is 2.43. The molecule has 2 aromatic carbocycles. The van der Waals surface area contributed by atoms with Gasteiger partial charge in [-0.2, -0.15) is 0 Å². The van der Waals surface area contributed by atoms with E-state index >= 15 is 0 Å². The zero-order valence-corrected chi connectivity index (χ0v) is 37.1. The van der Waals surface area contributed by atoms with E-state index in [1.165, 1.54) is 21.3 Å². The van der Waals surface area contributed by atoms with E-state index in [9.17, 15) is 19.2 Å². The summed E-state index contributed by atoms with van der Waals surface area (Å²) in [4.78, 5) is 73.3. The van der Waals surface area contributed by atoms with Crippen LogP contribution in [0.1, 0.15) is 87.1 Å². The lowest BCUT2D eigenvalue weighted by Crippen LogP contribution is -2.54. The zero-order valence-electron chi connectivity index (χ0n) is 37.1. The van der Waals surface area contributed by atoms with Crippen molar-refractivity contribution in [1.29, 1.82) is 0 Å². The first-order valence-corrected chi connectivity index (χ1v) is 21.7. The topological polar surface area (TPSA) is 193 Å². The van der Waals surface area contributed by atoms with Gasteiger partial charge in [-0.25, -0.2) is 19.6 Å². The maximum Gasteiger partial charge on any atom is 0.407 e. The van der Waals surface area contributed by atoms with Crippen LogP contribution < -0.4 is 10.6 Å². The summed E-state index contributed by atoms with van der Waals surface area (Å²) in [5.41, 5.74) is 5.77. The number of carbonyl (C=O) groups is 4. The van der Waals surface area contributed by atoms with Gasteiger partial charge in [0.1, 0.15) is 23.7 Å². The van der Waals surface area contributed by atoms with Crippen LogP contribution in [0.15, 0.2) is 54.6 Å². The van der Waals surface area contributed by atoms with Crippen molar-refractivity contribution in [2.24, 2.45) is 23.7 Å². The number of allylic oxidation sites excluding steroid dienone is 5. The van der Waals surface area contributed by atoms with Gasteiger partial charge in [0.05, 0.1) is 61.4 Å².